The molecule has 0 aromatic rings. The largest absolute Gasteiger partial charge is 0.213 e. The Labute approximate surface area is 69.4 Å². The van der Waals surface area contributed by atoms with Gasteiger partial charge in [0.25, 0.3) is 0 Å². The molecule has 0 bridgehead atoms. The fourth-order valence-corrected chi connectivity index (χ4v) is 1.81. The van der Waals surface area contributed by atoms with Gasteiger partial charge in [0.1, 0.15) is 0 Å². The van der Waals surface area contributed by atoms with Crippen molar-refractivity contribution >= 4 is 10.0 Å². The van der Waals surface area contributed by atoms with Gasteiger partial charge in [-0.2, -0.15) is 0 Å². The highest BCUT2D eigenvalue weighted by Crippen LogP contribution is 2.02. The molecule has 0 saturated carbocycles. The summed E-state index contributed by atoms with van der Waals surface area (Å²) < 4.78 is 23.7. The van der Waals surface area contributed by atoms with Crippen LogP contribution in [0.15, 0.2) is 0 Å². The zero-order chi connectivity index (χ0) is 9.07. The minimum Gasteiger partial charge on any atom is -0.212 e. The molecule has 0 aliphatic rings. The van der Waals surface area contributed by atoms with Crippen LogP contribution in [0.25, 0.3) is 0 Å². The van der Waals surface area contributed by atoms with Crippen LogP contribution in [0.1, 0.15) is 20.8 Å². The molecule has 0 aromatic carbocycles. The van der Waals surface area contributed by atoms with Crippen molar-refractivity contribution in [2.75, 3.05) is 19.3 Å². The maximum absolute atomic E-state index is 11.2. The average Bonchev–Trinajstić information content (AvgIpc) is 1.86. The van der Waals surface area contributed by atoms with E-state index in [4.69, 9.17) is 0 Å². The van der Waals surface area contributed by atoms with Crippen LogP contribution in [0.3, 0.4) is 0 Å². The van der Waals surface area contributed by atoms with E-state index in [1.807, 2.05) is 13.8 Å². The summed E-state index contributed by atoms with van der Waals surface area (Å²) in [5.41, 5.74) is 0. The Morgan fingerprint density at radius 1 is 1.36 bits per heavy atom. The fourth-order valence-electron chi connectivity index (χ4n) is 0.848. The highest BCUT2D eigenvalue weighted by atomic mass is 32.2. The summed E-state index contributed by atoms with van der Waals surface area (Å²) in [6.45, 7) is 6.27. The van der Waals surface area contributed by atoms with Crippen LogP contribution in [0.5, 0.6) is 0 Å². The molecule has 0 radical (unpaired) electrons. The van der Waals surface area contributed by atoms with Crippen molar-refractivity contribution in [1.82, 2.24) is 4.31 Å². The highest BCUT2D eigenvalue weighted by molar-refractivity contribution is 7.89. The second kappa shape index (κ2) is 4.07. The molecule has 0 unspecified atom stereocenters. The second-order valence-electron chi connectivity index (χ2n) is 3.07. The van der Waals surface area contributed by atoms with Crippen LogP contribution >= 0.6 is 0 Å². The number of rotatable bonds is 4. The lowest BCUT2D eigenvalue weighted by atomic mass is 10.2. The van der Waals surface area contributed by atoms with Crippen molar-refractivity contribution in [1.29, 1.82) is 0 Å². The molecule has 0 spiro atoms. The van der Waals surface area contributed by atoms with Crippen molar-refractivity contribution in [3.63, 3.8) is 0 Å². The molecular formula is C7H17NO2S. The van der Waals surface area contributed by atoms with Gasteiger partial charge in [0, 0.05) is 13.6 Å². The first-order chi connectivity index (χ1) is 4.90. The van der Waals surface area contributed by atoms with Gasteiger partial charge in [-0.3, -0.25) is 0 Å². The maximum atomic E-state index is 11.2. The van der Waals surface area contributed by atoms with Crippen molar-refractivity contribution in [2.45, 2.75) is 20.8 Å². The van der Waals surface area contributed by atoms with Crippen molar-refractivity contribution in [2.24, 2.45) is 5.92 Å². The molecule has 0 amide bonds. The van der Waals surface area contributed by atoms with Gasteiger partial charge in [-0.25, -0.2) is 12.7 Å². The Hall–Kier alpha value is -0.0900. The van der Waals surface area contributed by atoms with E-state index in [9.17, 15) is 8.42 Å². The third-order valence-corrected chi connectivity index (χ3v) is 3.29. The van der Waals surface area contributed by atoms with Crippen LogP contribution in [0.2, 0.25) is 0 Å². The summed E-state index contributed by atoms with van der Waals surface area (Å²) in [5.74, 6) is 0.581. The first-order valence-electron chi connectivity index (χ1n) is 3.84. The Morgan fingerprint density at radius 2 is 1.82 bits per heavy atom. The van der Waals surface area contributed by atoms with Gasteiger partial charge in [-0.15, -0.1) is 0 Å². The Bertz CT molecular complexity index is 196. The molecule has 68 valence electrons. The molecule has 0 aliphatic heterocycles. The van der Waals surface area contributed by atoms with Crippen LogP contribution in [-0.4, -0.2) is 32.1 Å². The molecule has 0 aliphatic carbocycles. The second-order valence-corrected chi connectivity index (χ2v) is 5.44. The van der Waals surface area contributed by atoms with Crippen LogP contribution < -0.4 is 0 Å². The van der Waals surface area contributed by atoms with Crippen molar-refractivity contribution < 1.29 is 8.42 Å². The van der Waals surface area contributed by atoms with Gasteiger partial charge >= 0.3 is 0 Å². The average molecular weight is 179 g/mol. The highest BCUT2D eigenvalue weighted by Gasteiger charge is 2.15. The van der Waals surface area contributed by atoms with Gasteiger partial charge < -0.3 is 0 Å². The lowest BCUT2D eigenvalue weighted by Gasteiger charge is -2.17. The Morgan fingerprint density at radius 3 is 2.09 bits per heavy atom. The topological polar surface area (TPSA) is 37.4 Å². The quantitative estimate of drug-likeness (QED) is 0.643. The monoisotopic (exact) mass is 179 g/mol. The zero-order valence-electron chi connectivity index (χ0n) is 7.66. The van der Waals surface area contributed by atoms with E-state index in [2.05, 4.69) is 0 Å². The molecular weight excluding hydrogens is 162 g/mol. The minimum atomic E-state index is -2.96. The first-order valence-corrected chi connectivity index (χ1v) is 5.45. The van der Waals surface area contributed by atoms with Gasteiger partial charge in [-0.05, 0) is 12.8 Å². The van der Waals surface area contributed by atoms with E-state index in [0.29, 0.717) is 12.5 Å². The van der Waals surface area contributed by atoms with E-state index < -0.39 is 10.0 Å². The minimum absolute atomic E-state index is 0.191. The summed E-state index contributed by atoms with van der Waals surface area (Å²) in [5, 5.41) is 0. The van der Waals surface area contributed by atoms with E-state index in [0.717, 1.165) is 0 Å². The van der Waals surface area contributed by atoms with Crippen LogP contribution in [0, 0.1) is 5.92 Å². The zero-order valence-corrected chi connectivity index (χ0v) is 8.48. The molecule has 3 nitrogen and oxygen atoms in total. The molecule has 0 rings (SSSR count). The third-order valence-electron chi connectivity index (χ3n) is 1.46. The fraction of sp³-hybridized carbons (Fsp3) is 1.00. The lowest BCUT2D eigenvalue weighted by Crippen LogP contribution is -2.31. The summed E-state index contributed by atoms with van der Waals surface area (Å²) in [4.78, 5) is 0. The molecule has 0 aromatic heterocycles. The van der Waals surface area contributed by atoms with Gasteiger partial charge in [0.15, 0.2) is 0 Å². The van der Waals surface area contributed by atoms with Crippen molar-refractivity contribution in [3.8, 4) is 0 Å². The molecule has 11 heavy (non-hydrogen) atoms. The number of sulfonamides is 1. The van der Waals surface area contributed by atoms with Gasteiger partial charge in [0.2, 0.25) is 10.0 Å². The lowest BCUT2D eigenvalue weighted by molar-refractivity contribution is 0.418. The Balaban J connectivity index is 4.14. The molecule has 0 fully saturated rings. The normalized spacial score (nSPS) is 12.9. The van der Waals surface area contributed by atoms with E-state index in [1.54, 1.807) is 14.0 Å². The summed E-state index contributed by atoms with van der Waals surface area (Å²) in [6.07, 6.45) is 0. The van der Waals surface area contributed by atoms with Gasteiger partial charge in [0.05, 0.1) is 5.75 Å². The number of hydrogen-bond donors (Lipinski definition) is 0. The van der Waals surface area contributed by atoms with E-state index in [-0.39, 0.29) is 5.75 Å². The third kappa shape index (κ3) is 3.72. The van der Waals surface area contributed by atoms with Gasteiger partial charge in [-0.1, -0.05) is 13.8 Å². The smallest absolute Gasteiger partial charge is 0.212 e. The molecule has 0 N–H and O–H groups in total. The van der Waals surface area contributed by atoms with E-state index >= 15 is 0 Å². The van der Waals surface area contributed by atoms with Crippen LogP contribution in [-0.2, 0) is 10.0 Å². The molecule has 0 saturated heterocycles. The number of nitrogens with zero attached hydrogens (tertiary/aromatic N) is 1. The standard InChI is InChI=1S/C7H17NO2S/c1-5-11(9,10)8(4)6-7(2)3/h7H,5-6H2,1-4H3. The molecule has 4 heteroatoms. The summed E-state index contributed by atoms with van der Waals surface area (Å²) >= 11 is 0. The predicted molar refractivity (Wildman–Crippen MR) is 46.9 cm³/mol. The van der Waals surface area contributed by atoms with E-state index in [1.165, 1.54) is 4.31 Å². The number of hydrogen-bond acceptors (Lipinski definition) is 2. The molecule has 0 atom stereocenters. The molecule has 0 heterocycles. The maximum Gasteiger partial charge on any atom is 0.213 e. The predicted octanol–water partition coefficient (Wildman–Crippen LogP) is 0.924. The van der Waals surface area contributed by atoms with Crippen LogP contribution in [0.4, 0.5) is 0 Å². The SMILES string of the molecule is CCS(=O)(=O)N(C)CC(C)C. The first kappa shape index (κ1) is 10.9. The Kier molecular flexibility index (Phi) is 4.03. The summed E-state index contributed by atoms with van der Waals surface area (Å²) in [6, 6.07) is 0. The van der Waals surface area contributed by atoms with Crippen molar-refractivity contribution in [3.05, 3.63) is 0 Å². The summed E-state index contributed by atoms with van der Waals surface area (Å²) in [7, 11) is -1.34.